The number of benzene rings is 1. The molecule has 20 heavy (non-hydrogen) atoms. The maximum atomic E-state index is 12.2. The van der Waals surface area contributed by atoms with Gasteiger partial charge in [0, 0.05) is 12.4 Å². The molecule has 2 rings (SSSR count). The predicted molar refractivity (Wildman–Crippen MR) is 80.9 cm³/mol. The summed E-state index contributed by atoms with van der Waals surface area (Å²) in [5.74, 6) is -0.000124. The molecule has 2 aromatic rings. The van der Waals surface area contributed by atoms with E-state index in [-0.39, 0.29) is 10.9 Å². The Bertz CT molecular complexity index is 568. The Morgan fingerprint density at radius 2 is 2.15 bits per heavy atom. The summed E-state index contributed by atoms with van der Waals surface area (Å²) in [6, 6.07) is 9.67. The van der Waals surface area contributed by atoms with Crippen molar-refractivity contribution in [2.24, 2.45) is 11.7 Å². The number of amides is 1. The molecule has 0 spiro atoms. The summed E-state index contributed by atoms with van der Waals surface area (Å²) in [5.41, 5.74) is 6.71. The van der Waals surface area contributed by atoms with Crippen molar-refractivity contribution in [3.63, 3.8) is 0 Å². The molecule has 1 heterocycles. The number of nitrogens with one attached hydrogen (secondary N) is 2. The second kappa shape index (κ2) is 6.81. The molecule has 0 saturated heterocycles. The van der Waals surface area contributed by atoms with Crippen LogP contribution in [0.1, 0.15) is 11.4 Å². The molecule has 1 aromatic heterocycles. The fraction of sp³-hybridized carbons (Fsp3) is 0.214. The van der Waals surface area contributed by atoms with Gasteiger partial charge in [-0.1, -0.05) is 42.5 Å². The van der Waals surface area contributed by atoms with Gasteiger partial charge in [0.1, 0.15) is 5.82 Å². The molecule has 4 N–H and O–H groups in total. The highest BCUT2D eigenvalue weighted by Crippen LogP contribution is 2.10. The van der Waals surface area contributed by atoms with E-state index in [0.717, 1.165) is 5.56 Å². The Morgan fingerprint density at radius 3 is 2.75 bits per heavy atom. The van der Waals surface area contributed by atoms with Gasteiger partial charge in [-0.3, -0.25) is 4.79 Å². The van der Waals surface area contributed by atoms with Crippen molar-refractivity contribution < 1.29 is 4.79 Å². The van der Waals surface area contributed by atoms with Gasteiger partial charge in [0.05, 0.1) is 17.5 Å². The van der Waals surface area contributed by atoms with Crippen LogP contribution in [0.5, 0.6) is 0 Å². The van der Waals surface area contributed by atoms with Crippen molar-refractivity contribution in [2.75, 3.05) is 0 Å². The summed E-state index contributed by atoms with van der Waals surface area (Å²) in [6.07, 6.45) is 3.84. The van der Waals surface area contributed by atoms with Crippen LogP contribution in [0.25, 0.3) is 0 Å². The van der Waals surface area contributed by atoms with E-state index in [1.807, 2.05) is 30.3 Å². The van der Waals surface area contributed by atoms with Gasteiger partial charge < -0.3 is 16.0 Å². The van der Waals surface area contributed by atoms with Crippen LogP contribution in [-0.2, 0) is 17.8 Å². The number of nitrogens with zero attached hydrogens (tertiary/aromatic N) is 1. The third kappa shape index (κ3) is 3.89. The molecule has 0 radical (unpaired) electrons. The summed E-state index contributed by atoms with van der Waals surface area (Å²) >= 11 is 5.00. The maximum absolute atomic E-state index is 12.2. The van der Waals surface area contributed by atoms with Crippen LogP contribution in [0.2, 0.25) is 0 Å². The first-order valence-corrected chi connectivity index (χ1v) is 6.67. The van der Waals surface area contributed by atoms with E-state index in [1.165, 1.54) is 0 Å². The molecule has 0 aliphatic rings. The molecule has 0 aliphatic heterocycles. The van der Waals surface area contributed by atoms with Crippen molar-refractivity contribution in [1.29, 1.82) is 0 Å². The molecule has 1 atom stereocenters. The number of aromatic nitrogens is 2. The highest BCUT2D eigenvalue weighted by Gasteiger charge is 2.21. The Morgan fingerprint density at radius 1 is 1.40 bits per heavy atom. The number of nitrogens with two attached hydrogens (primary N) is 1. The summed E-state index contributed by atoms with van der Waals surface area (Å²) in [4.78, 5) is 19.3. The molecule has 104 valence electrons. The molecule has 0 bridgehead atoms. The molecule has 1 aromatic carbocycles. The number of carbonyl (C=O) groups is 1. The van der Waals surface area contributed by atoms with Gasteiger partial charge in [0.15, 0.2) is 0 Å². The number of aromatic amines is 1. The Hall–Kier alpha value is -2.21. The zero-order valence-corrected chi connectivity index (χ0v) is 11.7. The lowest BCUT2D eigenvalue weighted by atomic mass is 9.98. The lowest BCUT2D eigenvalue weighted by Crippen LogP contribution is -2.39. The fourth-order valence-corrected chi connectivity index (χ4v) is 2.05. The van der Waals surface area contributed by atoms with Gasteiger partial charge in [-0.2, -0.15) is 0 Å². The third-order valence-electron chi connectivity index (χ3n) is 2.93. The molecule has 5 nitrogen and oxygen atoms in total. The first-order chi connectivity index (χ1) is 9.66. The van der Waals surface area contributed by atoms with E-state index in [2.05, 4.69) is 15.3 Å². The van der Waals surface area contributed by atoms with E-state index < -0.39 is 5.92 Å². The number of H-pyrrole nitrogens is 1. The van der Waals surface area contributed by atoms with Crippen LogP contribution < -0.4 is 11.1 Å². The molecule has 6 heteroatoms. The molecule has 0 fully saturated rings. The average molecular weight is 288 g/mol. The Kier molecular flexibility index (Phi) is 4.84. The first kappa shape index (κ1) is 14.2. The van der Waals surface area contributed by atoms with Crippen molar-refractivity contribution in [2.45, 2.75) is 13.0 Å². The van der Waals surface area contributed by atoms with Crippen molar-refractivity contribution in [3.05, 3.63) is 54.1 Å². The third-order valence-corrected chi connectivity index (χ3v) is 3.21. The normalized spacial score (nSPS) is 11.8. The van der Waals surface area contributed by atoms with Gasteiger partial charge in [-0.25, -0.2) is 4.98 Å². The maximum Gasteiger partial charge on any atom is 0.230 e. The first-order valence-electron chi connectivity index (χ1n) is 6.26. The van der Waals surface area contributed by atoms with E-state index in [1.54, 1.807) is 12.4 Å². The highest BCUT2D eigenvalue weighted by molar-refractivity contribution is 7.80. The number of carbonyl (C=O) groups excluding carboxylic acids is 1. The number of thiocarbonyl (C=S) groups is 1. The minimum atomic E-state index is -0.512. The number of hydrogen-bond acceptors (Lipinski definition) is 3. The molecular formula is C14H16N4OS. The summed E-state index contributed by atoms with van der Waals surface area (Å²) in [7, 11) is 0. The lowest BCUT2D eigenvalue weighted by Gasteiger charge is -2.15. The smallest absolute Gasteiger partial charge is 0.230 e. The van der Waals surface area contributed by atoms with Gasteiger partial charge in [-0.05, 0) is 12.0 Å². The second-order valence-corrected chi connectivity index (χ2v) is 4.87. The second-order valence-electron chi connectivity index (χ2n) is 4.40. The predicted octanol–water partition coefficient (Wildman–Crippen LogP) is 1.17. The molecule has 1 amide bonds. The number of imidazole rings is 1. The Balaban J connectivity index is 1.97. The summed E-state index contributed by atoms with van der Waals surface area (Å²) < 4.78 is 0. The van der Waals surface area contributed by atoms with E-state index in [0.29, 0.717) is 18.8 Å². The van der Waals surface area contributed by atoms with E-state index >= 15 is 0 Å². The number of hydrogen-bond donors (Lipinski definition) is 3. The van der Waals surface area contributed by atoms with Crippen LogP contribution in [0, 0.1) is 5.92 Å². The van der Waals surface area contributed by atoms with Gasteiger partial charge in [0.25, 0.3) is 0 Å². The highest BCUT2D eigenvalue weighted by atomic mass is 32.1. The van der Waals surface area contributed by atoms with Gasteiger partial charge in [0.2, 0.25) is 5.91 Å². The zero-order chi connectivity index (χ0) is 14.4. The standard InChI is InChI=1S/C14H16N4OS/c15-13(20)11(8-10-4-2-1-3-5-10)14(19)18-9-12-16-6-7-17-12/h1-7,11H,8-9H2,(H2,15,20)(H,16,17)(H,18,19). The van der Waals surface area contributed by atoms with E-state index in [9.17, 15) is 4.79 Å². The van der Waals surface area contributed by atoms with Crippen molar-refractivity contribution in [3.8, 4) is 0 Å². The monoisotopic (exact) mass is 288 g/mol. The molecule has 0 aliphatic carbocycles. The molecule has 0 saturated carbocycles. The van der Waals surface area contributed by atoms with Crippen LogP contribution in [0.3, 0.4) is 0 Å². The van der Waals surface area contributed by atoms with Crippen LogP contribution in [0.15, 0.2) is 42.7 Å². The van der Waals surface area contributed by atoms with Crippen LogP contribution in [-0.4, -0.2) is 20.9 Å². The fourth-order valence-electron chi connectivity index (χ4n) is 1.86. The minimum Gasteiger partial charge on any atom is -0.393 e. The zero-order valence-electron chi connectivity index (χ0n) is 10.9. The SMILES string of the molecule is NC(=S)C(Cc1ccccc1)C(=O)NCc1ncc[nH]1. The number of rotatable bonds is 6. The average Bonchev–Trinajstić information content (AvgIpc) is 2.96. The van der Waals surface area contributed by atoms with Crippen LogP contribution >= 0.6 is 12.2 Å². The summed E-state index contributed by atoms with van der Waals surface area (Å²) in [6.45, 7) is 0.333. The van der Waals surface area contributed by atoms with Crippen molar-refractivity contribution >= 4 is 23.1 Å². The molecular weight excluding hydrogens is 272 g/mol. The summed E-state index contributed by atoms with van der Waals surface area (Å²) in [5, 5.41) is 2.79. The Labute approximate surface area is 122 Å². The van der Waals surface area contributed by atoms with Gasteiger partial charge >= 0.3 is 0 Å². The largest absolute Gasteiger partial charge is 0.393 e. The lowest BCUT2D eigenvalue weighted by molar-refractivity contribution is -0.123. The topological polar surface area (TPSA) is 83.8 Å². The molecule has 1 unspecified atom stereocenters. The van der Waals surface area contributed by atoms with Gasteiger partial charge in [-0.15, -0.1) is 0 Å². The van der Waals surface area contributed by atoms with E-state index in [4.69, 9.17) is 18.0 Å². The van der Waals surface area contributed by atoms with Crippen LogP contribution in [0.4, 0.5) is 0 Å². The minimum absolute atomic E-state index is 0.183. The quantitative estimate of drug-likeness (QED) is 0.697. The van der Waals surface area contributed by atoms with Crippen molar-refractivity contribution in [1.82, 2.24) is 15.3 Å².